The van der Waals surface area contributed by atoms with E-state index in [1.54, 1.807) is 43.2 Å². The lowest BCUT2D eigenvalue weighted by Crippen LogP contribution is -2.48. The van der Waals surface area contributed by atoms with E-state index in [9.17, 15) is 38.4 Å². The maximum atomic E-state index is 13.2. The summed E-state index contributed by atoms with van der Waals surface area (Å²) in [4.78, 5) is 98.9. The third-order valence-electron chi connectivity index (χ3n) is 7.98. The van der Waals surface area contributed by atoms with Crippen molar-refractivity contribution in [2.24, 2.45) is 23.3 Å². The van der Waals surface area contributed by atoms with Crippen molar-refractivity contribution >= 4 is 90.4 Å². The van der Waals surface area contributed by atoms with E-state index < -0.39 is 35.6 Å². The molecule has 2 aliphatic rings. The second-order valence-electron chi connectivity index (χ2n) is 12.4. The molecule has 20 heteroatoms. The summed E-state index contributed by atoms with van der Waals surface area (Å²) >= 11 is 0. The molecule has 2 rings (SSSR count). The summed E-state index contributed by atoms with van der Waals surface area (Å²) in [6, 6.07) is -0.831. The Hall–Kier alpha value is -2.84. The van der Waals surface area contributed by atoms with Crippen molar-refractivity contribution < 1.29 is 38.4 Å². The summed E-state index contributed by atoms with van der Waals surface area (Å²) in [6.07, 6.45) is 5.12. The minimum atomic E-state index is -0.831. The molecule has 0 unspecified atom stereocenters. The predicted octanol–water partition coefficient (Wildman–Crippen LogP) is 0.351. The Balaban J connectivity index is 1.86. The molecule has 0 spiro atoms. The van der Waals surface area contributed by atoms with Crippen LogP contribution in [0.5, 0.6) is 0 Å². The van der Waals surface area contributed by atoms with Gasteiger partial charge in [-0.05, 0) is 44.9 Å². The molecular weight excluding hydrogens is 741 g/mol. The summed E-state index contributed by atoms with van der Waals surface area (Å²) < 4.78 is 0.385. The zero-order valence-electron chi connectivity index (χ0n) is 29.2. The van der Waals surface area contributed by atoms with E-state index in [2.05, 4.69) is 26.6 Å². The molecule has 3 atom stereocenters. The third-order valence-corrected chi connectivity index (χ3v) is 12.6. The van der Waals surface area contributed by atoms with E-state index >= 15 is 0 Å². The van der Waals surface area contributed by atoms with Gasteiger partial charge < -0.3 is 43.0 Å². The molecular formula is C31H52N8O8S4. The molecule has 2 heterocycles. The lowest BCUT2D eigenvalue weighted by atomic mass is 10.0. The highest BCUT2D eigenvalue weighted by Gasteiger charge is 2.38. The summed E-state index contributed by atoms with van der Waals surface area (Å²) in [5, 5.41) is 13.4. The minimum absolute atomic E-state index is 0.0867. The zero-order valence-corrected chi connectivity index (χ0v) is 32.5. The number of nitrogens with one attached hydrogen (secondary N) is 5. The van der Waals surface area contributed by atoms with Gasteiger partial charge in [-0.2, -0.15) is 0 Å². The molecule has 9 N–H and O–H groups in total. The van der Waals surface area contributed by atoms with Gasteiger partial charge in [0.2, 0.25) is 47.3 Å². The summed E-state index contributed by atoms with van der Waals surface area (Å²) in [5.41, 5.74) is 11.0. The lowest BCUT2D eigenvalue weighted by molar-refractivity contribution is -0.139. The SMILES string of the molecule is CC(=O)NCCCC[C@H](NC(C)=O)C(=O)NCCC(=O)N(CC(=O)NCCCC[C@@H](C(N)=O)C1SS1)CC(=O)NCCCC[C@@H](C(N)=O)C1SS1. The first-order valence-corrected chi connectivity index (χ1v) is 21.7. The van der Waals surface area contributed by atoms with Gasteiger partial charge in [-0.1, -0.05) is 56.0 Å². The smallest absolute Gasteiger partial charge is 0.242 e. The van der Waals surface area contributed by atoms with Crippen LogP contribution in [-0.4, -0.2) is 107 Å². The molecule has 0 aromatic rings. The van der Waals surface area contributed by atoms with Gasteiger partial charge in [0.1, 0.15) is 19.1 Å². The molecule has 8 amide bonds. The number of primary amides is 2. The van der Waals surface area contributed by atoms with Crippen molar-refractivity contribution in [2.45, 2.75) is 93.3 Å². The van der Waals surface area contributed by atoms with E-state index in [1.165, 1.54) is 13.8 Å². The highest BCUT2D eigenvalue weighted by Crippen LogP contribution is 2.58. The summed E-state index contributed by atoms with van der Waals surface area (Å²) in [7, 11) is 6.49. The normalized spacial score (nSPS) is 15.4. The first-order chi connectivity index (χ1) is 24.3. The van der Waals surface area contributed by atoms with Crippen molar-refractivity contribution in [3.05, 3.63) is 0 Å². The van der Waals surface area contributed by atoms with Crippen LogP contribution in [0.3, 0.4) is 0 Å². The fourth-order valence-electron chi connectivity index (χ4n) is 5.11. The van der Waals surface area contributed by atoms with Crippen LogP contribution in [0.4, 0.5) is 0 Å². The van der Waals surface area contributed by atoms with Crippen LogP contribution in [0, 0.1) is 11.8 Å². The van der Waals surface area contributed by atoms with Crippen LogP contribution >= 0.6 is 43.2 Å². The van der Waals surface area contributed by atoms with Crippen LogP contribution in [0.25, 0.3) is 0 Å². The third kappa shape index (κ3) is 20.1. The van der Waals surface area contributed by atoms with Crippen LogP contribution in [-0.2, 0) is 38.4 Å². The average molecular weight is 793 g/mol. The standard InChI is InChI=1S/C31H52N8O8S4/c1-19(40)34-13-8-5-11-23(38-20(2)41)29(47)37-16-12-26(44)39(17-24(42)35-14-6-3-9-21(27(32)45)30-48-49-30)18-25(43)36-15-7-4-10-22(28(33)46)31-50-51-31/h21-23,30-31H,3-18H2,1-2H3,(H2,32,45)(H2,33,46)(H,34,40)(H,35,42)(H,36,43)(H,37,47)(H,38,41)/t21-,22-,23-/m0/s1. The van der Waals surface area contributed by atoms with Crippen LogP contribution < -0.4 is 38.1 Å². The number of unbranched alkanes of at least 4 members (excludes halogenated alkanes) is 3. The van der Waals surface area contributed by atoms with E-state index in [1.807, 2.05) is 0 Å². The highest BCUT2D eigenvalue weighted by molar-refractivity contribution is 8.93. The molecule has 0 aromatic heterocycles. The molecule has 2 fully saturated rings. The quantitative estimate of drug-likeness (QED) is 0.0322. The van der Waals surface area contributed by atoms with Crippen LogP contribution in [0.2, 0.25) is 0 Å². The molecule has 288 valence electrons. The van der Waals surface area contributed by atoms with Gasteiger partial charge in [0.15, 0.2) is 0 Å². The number of hydrogen-bond donors (Lipinski definition) is 7. The molecule has 2 saturated heterocycles. The molecule has 51 heavy (non-hydrogen) atoms. The van der Waals surface area contributed by atoms with E-state index in [0.717, 1.165) is 4.90 Å². The zero-order chi connectivity index (χ0) is 37.8. The Morgan fingerprint density at radius 1 is 0.588 bits per heavy atom. The molecule has 0 aliphatic carbocycles. The topological polar surface area (TPSA) is 252 Å². The van der Waals surface area contributed by atoms with Gasteiger partial charge in [0, 0.05) is 46.4 Å². The molecule has 2 aliphatic heterocycles. The monoisotopic (exact) mass is 792 g/mol. The van der Waals surface area contributed by atoms with Gasteiger partial charge in [-0.3, -0.25) is 38.4 Å². The van der Waals surface area contributed by atoms with Crippen molar-refractivity contribution in [3.63, 3.8) is 0 Å². The Morgan fingerprint density at radius 3 is 1.45 bits per heavy atom. The fraction of sp³-hybridized carbons (Fsp3) is 0.742. The molecule has 0 saturated carbocycles. The van der Waals surface area contributed by atoms with Crippen LogP contribution in [0.1, 0.15) is 78.1 Å². The first-order valence-electron chi connectivity index (χ1n) is 17.1. The molecule has 0 radical (unpaired) electrons. The predicted molar refractivity (Wildman–Crippen MR) is 201 cm³/mol. The van der Waals surface area contributed by atoms with E-state index in [-0.39, 0.29) is 64.8 Å². The van der Waals surface area contributed by atoms with Gasteiger partial charge in [0.25, 0.3) is 0 Å². The first kappa shape index (κ1) is 44.3. The largest absolute Gasteiger partial charge is 0.369 e. The summed E-state index contributed by atoms with van der Waals surface area (Å²) in [5.74, 6) is -3.57. The van der Waals surface area contributed by atoms with E-state index in [4.69, 9.17) is 11.5 Å². The molecule has 0 bridgehead atoms. The number of rotatable bonds is 28. The highest BCUT2D eigenvalue weighted by atomic mass is 33.2. The maximum absolute atomic E-state index is 13.2. The number of nitrogens with two attached hydrogens (primary N) is 2. The fourth-order valence-corrected chi connectivity index (χ4v) is 8.85. The Kier molecular flexibility index (Phi) is 21.2. The van der Waals surface area contributed by atoms with Crippen molar-refractivity contribution in [1.82, 2.24) is 31.5 Å². The Labute approximate surface area is 314 Å². The number of nitrogens with zero attached hydrogens (tertiary/aromatic N) is 1. The average Bonchev–Trinajstić information content (AvgIpc) is 3.98. The Bertz CT molecular complexity index is 1170. The Morgan fingerprint density at radius 2 is 1.04 bits per heavy atom. The maximum Gasteiger partial charge on any atom is 0.242 e. The van der Waals surface area contributed by atoms with Crippen molar-refractivity contribution in [2.75, 3.05) is 39.3 Å². The second kappa shape index (κ2) is 24.4. The second-order valence-corrected chi connectivity index (χ2v) is 18.1. The summed E-state index contributed by atoms with van der Waals surface area (Å²) in [6.45, 7) is 2.95. The van der Waals surface area contributed by atoms with Gasteiger partial charge >= 0.3 is 0 Å². The minimum Gasteiger partial charge on any atom is -0.369 e. The molecule has 0 aromatic carbocycles. The van der Waals surface area contributed by atoms with Crippen LogP contribution in [0.15, 0.2) is 0 Å². The number of hydrogen-bond acceptors (Lipinski definition) is 12. The van der Waals surface area contributed by atoms with Gasteiger partial charge in [0.05, 0.1) is 21.0 Å². The number of carbonyl (C=O) groups is 8. The van der Waals surface area contributed by atoms with Crippen molar-refractivity contribution in [1.29, 1.82) is 0 Å². The van der Waals surface area contributed by atoms with Gasteiger partial charge in [-0.25, -0.2) is 0 Å². The number of carbonyl (C=O) groups excluding carboxylic acids is 8. The van der Waals surface area contributed by atoms with Crippen molar-refractivity contribution in [3.8, 4) is 0 Å². The van der Waals surface area contributed by atoms with E-state index in [0.29, 0.717) is 77.4 Å². The lowest BCUT2D eigenvalue weighted by Gasteiger charge is -2.23. The molecule has 16 nitrogen and oxygen atoms in total. The van der Waals surface area contributed by atoms with Gasteiger partial charge in [-0.15, -0.1) is 0 Å². The number of amides is 8.